The molecule has 0 N–H and O–H groups in total. The lowest BCUT2D eigenvalue weighted by Gasteiger charge is -2.23. The van der Waals surface area contributed by atoms with E-state index in [1.807, 2.05) is 60.7 Å². The number of unbranched alkanes of at least 4 members (excludes halogenated alkanes) is 3. The third kappa shape index (κ3) is 3.59. The molecule has 0 unspecified atom stereocenters. The summed E-state index contributed by atoms with van der Waals surface area (Å²) in [7, 11) is -2.80. The van der Waals surface area contributed by atoms with Crippen molar-refractivity contribution in [1.29, 1.82) is 0 Å². The molecular formula is C18H23OSi. The van der Waals surface area contributed by atoms with E-state index in [0.29, 0.717) is 0 Å². The Morgan fingerprint density at radius 1 is 0.750 bits per heavy atom. The Morgan fingerprint density at radius 3 is 1.70 bits per heavy atom. The lowest BCUT2D eigenvalue weighted by Crippen LogP contribution is -2.57. The van der Waals surface area contributed by atoms with E-state index < -0.39 is 8.32 Å². The number of benzene rings is 2. The molecule has 0 atom stereocenters. The first-order valence-electron chi connectivity index (χ1n) is 7.59. The number of hydrogen-bond acceptors (Lipinski definition) is 0. The number of rotatable bonds is 7. The lowest BCUT2D eigenvalue weighted by molar-refractivity contribution is 0.437. The maximum atomic E-state index is 13.6. The Hall–Kier alpha value is -1.38. The van der Waals surface area contributed by atoms with Crippen molar-refractivity contribution in [3.8, 4) is 0 Å². The fourth-order valence-electron chi connectivity index (χ4n) is 2.67. The summed E-state index contributed by atoms with van der Waals surface area (Å²) in [4.78, 5) is 13.6. The van der Waals surface area contributed by atoms with Gasteiger partial charge in [-0.05, 0) is 16.4 Å². The van der Waals surface area contributed by atoms with Gasteiger partial charge < -0.3 is 0 Å². The fourth-order valence-corrected chi connectivity index (χ4v) is 5.79. The van der Waals surface area contributed by atoms with Crippen LogP contribution in [0.4, 0.5) is 0 Å². The van der Waals surface area contributed by atoms with Crippen LogP contribution in [0, 0.1) is 0 Å². The Morgan fingerprint density at radius 2 is 1.25 bits per heavy atom. The summed E-state index contributed by atoms with van der Waals surface area (Å²) in [5, 5.41) is 2.03. The molecule has 105 valence electrons. The van der Waals surface area contributed by atoms with Crippen LogP contribution >= 0.6 is 0 Å². The van der Waals surface area contributed by atoms with Crippen molar-refractivity contribution in [1.82, 2.24) is 0 Å². The zero-order valence-electron chi connectivity index (χ0n) is 12.2. The highest BCUT2D eigenvalue weighted by molar-refractivity contribution is 6.96. The molecule has 0 aliphatic heterocycles. The van der Waals surface area contributed by atoms with E-state index in [2.05, 4.69) is 6.92 Å². The lowest BCUT2D eigenvalue weighted by atomic mass is 10.2. The largest absolute Gasteiger partial charge is 0.298 e. The first-order chi connectivity index (χ1) is 9.77. The second-order valence-corrected chi connectivity index (χ2v) is 8.68. The van der Waals surface area contributed by atoms with E-state index in [0.717, 1.165) is 22.8 Å². The van der Waals surface area contributed by atoms with Crippen molar-refractivity contribution in [3.63, 3.8) is 0 Å². The maximum absolute atomic E-state index is 13.6. The predicted molar refractivity (Wildman–Crippen MR) is 87.5 cm³/mol. The van der Waals surface area contributed by atoms with Gasteiger partial charge in [-0.3, -0.25) is 4.80 Å². The van der Waals surface area contributed by atoms with Crippen LogP contribution in [0.2, 0.25) is 6.04 Å². The van der Waals surface area contributed by atoms with Crippen LogP contribution in [-0.2, 0) is 4.80 Å². The van der Waals surface area contributed by atoms with Crippen molar-refractivity contribution in [2.75, 3.05) is 0 Å². The quantitative estimate of drug-likeness (QED) is 0.545. The molecule has 0 fully saturated rings. The highest BCUT2D eigenvalue weighted by atomic mass is 28.4. The standard InChI is InChI=1S/C18H23OSi/c1-2-3-4-11-16-20(19,17-12-7-5-8-13-17)18-14-9-6-10-15-18/h5-10,12-15H,2-4,11,16H2,1H3. The second kappa shape index (κ2) is 7.41. The number of hydrogen-bond donors (Lipinski definition) is 0. The van der Waals surface area contributed by atoms with Gasteiger partial charge in [0.1, 0.15) is 0 Å². The Kier molecular flexibility index (Phi) is 5.56. The smallest absolute Gasteiger partial charge is 0.285 e. The Bertz CT molecular complexity index is 456. The van der Waals surface area contributed by atoms with E-state index in [9.17, 15) is 4.80 Å². The third-order valence-corrected chi connectivity index (χ3v) is 7.45. The first-order valence-corrected chi connectivity index (χ1v) is 9.70. The van der Waals surface area contributed by atoms with Gasteiger partial charge in [0.15, 0.2) is 0 Å². The SMILES string of the molecule is CCCCCC[Si]([O])(c1ccccc1)c1ccccc1. The van der Waals surface area contributed by atoms with Crippen molar-refractivity contribution in [3.05, 3.63) is 60.7 Å². The molecule has 2 aromatic rings. The van der Waals surface area contributed by atoms with Gasteiger partial charge in [0, 0.05) is 0 Å². The molecular weight excluding hydrogens is 260 g/mol. The van der Waals surface area contributed by atoms with Gasteiger partial charge in [0.2, 0.25) is 0 Å². The maximum Gasteiger partial charge on any atom is 0.298 e. The van der Waals surface area contributed by atoms with E-state index in [1.165, 1.54) is 19.3 Å². The van der Waals surface area contributed by atoms with Crippen LogP contribution in [0.25, 0.3) is 0 Å². The van der Waals surface area contributed by atoms with Crippen molar-refractivity contribution in [2.45, 2.75) is 38.7 Å². The molecule has 1 nitrogen and oxygen atoms in total. The van der Waals surface area contributed by atoms with Crippen molar-refractivity contribution in [2.24, 2.45) is 0 Å². The van der Waals surface area contributed by atoms with Gasteiger partial charge >= 0.3 is 0 Å². The Balaban J connectivity index is 2.24. The topological polar surface area (TPSA) is 19.9 Å². The van der Waals surface area contributed by atoms with Gasteiger partial charge in [-0.1, -0.05) is 93.3 Å². The van der Waals surface area contributed by atoms with Crippen molar-refractivity contribution >= 4 is 18.7 Å². The zero-order chi connectivity index (χ0) is 14.3. The van der Waals surface area contributed by atoms with Crippen LogP contribution in [0.15, 0.2) is 60.7 Å². The molecule has 0 aliphatic carbocycles. The first kappa shape index (κ1) is 15.0. The van der Waals surface area contributed by atoms with E-state index in [1.54, 1.807) is 0 Å². The van der Waals surface area contributed by atoms with E-state index in [4.69, 9.17) is 0 Å². The van der Waals surface area contributed by atoms with E-state index in [-0.39, 0.29) is 0 Å². The van der Waals surface area contributed by atoms with Gasteiger partial charge in [-0.15, -0.1) is 0 Å². The predicted octanol–water partition coefficient (Wildman–Crippen LogP) is 3.76. The van der Waals surface area contributed by atoms with Crippen LogP contribution in [-0.4, -0.2) is 8.32 Å². The summed E-state index contributed by atoms with van der Waals surface area (Å²) in [5.41, 5.74) is 0. The van der Waals surface area contributed by atoms with Crippen LogP contribution < -0.4 is 10.4 Å². The molecule has 0 heterocycles. The van der Waals surface area contributed by atoms with Crippen LogP contribution in [0.5, 0.6) is 0 Å². The molecule has 0 bridgehead atoms. The minimum Gasteiger partial charge on any atom is -0.285 e. The highest BCUT2D eigenvalue weighted by Gasteiger charge is 2.37. The summed E-state index contributed by atoms with van der Waals surface area (Å²) in [6.45, 7) is 2.20. The zero-order valence-corrected chi connectivity index (χ0v) is 13.2. The fraction of sp³-hybridized carbons (Fsp3) is 0.333. The summed E-state index contributed by atoms with van der Waals surface area (Å²) in [6.07, 6.45) is 4.67. The second-order valence-electron chi connectivity index (χ2n) is 5.37. The van der Waals surface area contributed by atoms with Gasteiger partial charge in [-0.2, -0.15) is 0 Å². The monoisotopic (exact) mass is 283 g/mol. The van der Waals surface area contributed by atoms with E-state index >= 15 is 0 Å². The average Bonchev–Trinajstić information content (AvgIpc) is 2.53. The summed E-state index contributed by atoms with van der Waals surface area (Å²) >= 11 is 0. The highest BCUT2D eigenvalue weighted by Crippen LogP contribution is 2.14. The minimum absolute atomic E-state index is 0.807. The molecule has 2 rings (SSSR count). The summed E-state index contributed by atoms with van der Waals surface area (Å²) in [5.74, 6) is 0. The summed E-state index contributed by atoms with van der Waals surface area (Å²) < 4.78 is 0. The molecule has 2 heteroatoms. The van der Waals surface area contributed by atoms with Crippen LogP contribution in [0.1, 0.15) is 32.6 Å². The van der Waals surface area contributed by atoms with Gasteiger partial charge in [0.05, 0.1) is 0 Å². The molecule has 0 spiro atoms. The summed E-state index contributed by atoms with van der Waals surface area (Å²) in [6, 6.07) is 20.8. The van der Waals surface area contributed by atoms with Gasteiger partial charge in [-0.25, -0.2) is 0 Å². The van der Waals surface area contributed by atoms with Crippen LogP contribution in [0.3, 0.4) is 0 Å². The normalized spacial score (nSPS) is 11.5. The molecule has 0 amide bonds. The molecule has 2 aromatic carbocycles. The third-order valence-electron chi connectivity index (χ3n) is 3.86. The molecule has 0 aliphatic rings. The molecule has 20 heavy (non-hydrogen) atoms. The van der Waals surface area contributed by atoms with Gasteiger partial charge in [0.25, 0.3) is 8.32 Å². The Labute approximate surface area is 123 Å². The average molecular weight is 283 g/mol. The molecule has 0 saturated heterocycles. The molecule has 0 aromatic heterocycles. The minimum atomic E-state index is -2.80. The molecule has 1 radical (unpaired) electrons. The van der Waals surface area contributed by atoms with Crippen molar-refractivity contribution < 1.29 is 4.80 Å². The molecule has 0 saturated carbocycles.